The summed E-state index contributed by atoms with van der Waals surface area (Å²) in [5.41, 5.74) is 2.44. The van der Waals surface area contributed by atoms with E-state index in [4.69, 9.17) is 0 Å². The van der Waals surface area contributed by atoms with Crippen molar-refractivity contribution in [3.63, 3.8) is 0 Å². The van der Waals surface area contributed by atoms with Crippen LogP contribution >= 0.6 is 0 Å². The minimum absolute atomic E-state index is 0. The fourth-order valence-corrected chi connectivity index (χ4v) is 1.46. The van der Waals surface area contributed by atoms with Crippen LogP contribution in [0.25, 0.3) is 12.2 Å². The molecule has 0 radical (unpaired) electrons. The third-order valence-electron chi connectivity index (χ3n) is 2.29. The van der Waals surface area contributed by atoms with Crippen LogP contribution in [0.1, 0.15) is 11.1 Å². The smallest absolute Gasteiger partial charge is 0 e. The third-order valence-corrected chi connectivity index (χ3v) is 2.29. The molecule has 0 aliphatic carbocycles. The third kappa shape index (κ3) is 5.97. The summed E-state index contributed by atoms with van der Waals surface area (Å²) in [6, 6.07) is 20.6. The van der Waals surface area contributed by atoms with Gasteiger partial charge in [0.1, 0.15) is 0 Å². The molecule has 0 bridgehead atoms. The van der Waals surface area contributed by atoms with Gasteiger partial charge in [0.2, 0.25) is 0 Å². The van der Waals surface area contributed by atoms with Gasteiger partial charge in [0, 0.05) is 21.7 Å². The van der Waals surface area contributed by atoms with Gasteiger partial charge in [-0.15, -0.1) is 0 Å². The molecule has 2 heteroatoms. The van der Waals surface area contributed by atoms with Gasteiger partial charge in [0.25, 0.3) is 0 Å². The fraction of sp³-hybridized carbons (Fsp3) is 0. The second-order valence-corrected chi connectivity index (χ2v) is 3.54. The molecule has 0 aliphatic rings. The predicted molar refractivity (Wildman–Crippen MR) is 82.3 cm³/mol. The summed E-state index contributed by atoms with van der Waals surface area (Å²) in [5, 5.41) is 0. The molecule has 0 nitrogen and oxygen atoms in total. The summed E-state index contributed by atoms with van der Waals surface area (Å²) in [5.74, 6) is 0. The molecule has 2 rings (SSSR count). The molecule has 18 heavy (non-hydrogen) atoms. The van der Waals surface area contributed by atoms with Crippen LogP contribution in [0.3, 0.4) is 0 Å². The van der Waals surface area contributed by atoms with Gasteiger partial charge in [-0.1, -0.05) is 85.0 Å². The Bertz CT molecular complexity index is 427. The van der Waals surface area contributed by atoms with Crippen molar-refractivity contribution in [2.24, 2.45) is 0 Å². The van der Waals surface area contributed by atoms with E-state index >= 15 is 0 Å². The quantitative estimate of drug-likeness (QED) is 0.601. The number of hydrogen-bond acceptors (Lipinski definition) is 0. The van der Waals surface area contributed by atoms with E-state index in [9.17, 15) is 0 Å². The Morgan fingerprint density at radius 3 is 1.22 bits per heavy atom. The summed E-state index contributed by atoms with van der Waals surface area (Å²) in [7, 11) is 0. The van der Waals surface area contributed by atoms with Crippen LogP contribution in [0.2, 0.25) is 0 Å². The van der Waals surface area contributed by atoms with Gasteiger partial charge in [-0.25, -0.2) is 0 Å². The van der Waals surface area contributed by atoms with E-state index < -0.39 is 0 Å². The molecule has 2 aromatic rings. The molecule has 0 atom stereocenters. The molecule has 0 aliphatic heterocycles. The van der Waals surface area contributed by atoms with Crippen LogP contribution < -0.4 is 0 Å². The van der Waals surface area contributed by atoms with Gasteiger partial charge in [0.05, 0.1) is 0 Å². The molecule has 0 aromatic heterocycles. The van der Waals surface area contributed by atoms with E-state index in [2.05, 4.69) is 48.6 Å². The average Bonchev–Trinajstić information content (AvgIpc) is 2.37. The monoisotopic (exact) mass is 286 g/mol. The van der Waals surface area contributed by atoms with Crippen molar-refractivity contribution >= 4 is 23.1 Å². The zero-order valence-corrected chi connectivity index (χ0v) is 11.1. The molecule has 0 N–H and O–H groups in total. The minimum atomic E-state index is 0. The molecular weight excluding hydrogens is 268 g/mol. The molecular formula is C16H18SiTi. The topological polar surface area (TPSA) is 0 Å². The molecule has 0 saturated heterocycles. The molecule has 0 spiro atoms. The summed E-state index contributed by atoms with van der Waals surface area (Å²) >= 11 is 0. The first-order chi connectivity index (χ1) is 7.95. The summed E-state index contributed by atoms with van der Waals surface area (Å²) < 4.78 is 0. The zero-order chi connectivity index (χ0) is 11.1. The minimum Gasteiger partial charge on any atom is -0.0622 e. The SMILES string of the molecule is C(C=Cc1ccccc1)=Cc1ccccc1.[SiH4].[Ti]. The van der Waals surface area contributed by atoms with E-state index in [0.717, 1.165) is 0 Å². The summed E-state index contributed by atoms with van der Waals surface area (Å²) in [6.07, 6.45) is 8.31. The van der Waals surface area contributed by atoms with E-state index in [0.29, 0.717) is 0 Å². The van der Waals surface area contributed by atoms with Crippen LogP contribution in [-0.2, 0) is 21.7 Å². The molecule has 0 amide bonds. The Morgan fingerprint density at radius 1 is 0.556 bits per heavy atom. The first-order valence-electron chi connectivity index (χ1n) is 5.40. The normalized spacial score (nSPS) is 10.0. The maximum atomic E-state index is 2.10. The number of allylic oxidation sites excluding steroid dienone is 2. The van der Waals surface area contributed by atoms with Crippen LogP contribution in [0.5, 0.6) is 0 Å². The van der Waals surface area contributed by atoms with Gasteiger partial charge in [-0.05, 0) is 22.1 Å². The maximum absolute atomic E-state index is 2.10. The first-order valence-corrected chi connectivity index (χ1v) is 5.40. The predicted octanol–water partition coefficient (Wildman–Crippen LogP) is 2.96. The number of rotatable bonds is 3. The van der Waals surface area contributed by atoms with Gasteiger partial charge >= 0.3 is 0 Å². The Labute approximate surface area is 128 Å². The number of hydrogen-bond donors (Lipinski definition) is 0. The molecule has 0 unspecified atom stereocenters. The van der Waals surface area contributed by atoms with Crippen LogP contribution in [0.15, 0.2) is 72.8 Å². The van der Waals surface area contributed by atoms with Crippen molar-refractivity contribution in [1.82, 2.24) is 0 Å². The molecule has 2 aromatic carbocycles. The Morgan fingerprint density at radius 2 is 0.889 bits per heavy atom. The standard InChI is InChI=1S/C16H14.H4Si.Ti/c1-3-9-15(10-4-1)13-7-8-14-16-11-5-2-6-12-16;;/h1-14H;1H4;. The van der Waals surface area contributed by atoms with Crippen molar-refractivity contribution in [2.45, 2.75) is 0 Å². The van der Waals surface area contributed by atoms with E-state index in [-0.39, 0.29) is 32.7 Å². The summed E-state index contributed by atoms with van der Waals surface area (Å²) in [6.45, 7) is 0. The van der Waals surface area contributed by atoms with Crippen molar-refractivity contribution < 1.29 is 21.7 Å². The van der Waals surface area contributed by atoms with Crippen molar-refractivity contribution in [3.05, 3.63) is 83.9 Å². The Balaban J connectivity index is 0.00000144. The van der Waals surface area contributed by atoms with E-state index in [1.165, 1.54) is 11.1 Å². The number of benzene rings is 2. The van der Waals surface area contributed by atoms with Crippen molar-refractivity contribution in [3.8, 4) is 0 Å². The largest absolute Gasteiger partial charge is 0.0622 e. The Hall–Kier alpha value is -1.15. The molecule has 0 heterocycles. The maximum Gasteiger partial charge on any atom is 0 e. The first kappa shape index (κ1) is 16.9. The van der Waals surface area contributed by atoms with E-state index in [1.807, 2.05) is 36.4 Å². The van der Waals surface area contributed by atoms with Gasteiger partial charge in [-0.3, -0.25) is 0 Å². The average molecular weight is 286 g/mol. The van der Waals surface area contributed by atoms with Crippen molar-refractivity contribution in [1.29, 1.82) is 0 Å². The van der Waals surface area contributed by atoms with Crippen LogP contribution in [-0.4, -0.2) is 11.0 Å². The van der Waals surface area contributed by atoms with Crippen molar-refractivity contribution in [2.75, 3.05) is 0 Å². The Kier molecular flexibility index (Phi) is 9.21. The second-order valence-electron chi connectivity index (χ2n) is 3.54. The van der Waals surface area contributed by atoms with Gasteiger partial charge in [-0.2, -0.15) is 0 Å². The second kappa shape index (κ2) is 9.84. The van der Waals surface area contributed by atoms with Crippen LogP contribution in [0, 0.1) is 0 Å². The molecule has 0 fully saturated rings. The molecule has 90 valence electrons. The fourth-order valence-electron chi connectivity index (χ4n) is 1.46. The molecule has 0 saturated carbocycles. The van der Waals surface area contributed by atoms with Gasteiger partial charge < -0.3 is 0 Å². The summed E-state index contributed by atoms with van der Waals surface area (Å²) in [4.78, 5) is 0. The van der Waals surface area contributed by atoms with Gasteiger partial charge in [0.15, 0.2) is 0 Å². The zero-order valence-electron chi connectivity index (χ0n) is 9.58. The van der Waals surface area contributed by atoms with E-state index in [1.54, 1.807) is 0 Å². The van der Waals surface area contributed by atoms with Crippen LogP contribution in [0.4, 0.5) is 0 Å².